The molecular weight excluding hydrogens is 262 g/mol. The van der Waals surface area contributed by atoms with Crippen LogP contribution in [0, 0.1) is 25.2 Å². The van der Waals surface area contributed by atoms with Gasteiger partial charge in [0.1, 0.15) is 5.75 Å². The molecule has 2 rings (SSSR count). The van der Waals surface area contributed by atoms with E-state index in [1.54, 1.807) is 12.1 Å². The van der Waals surface area contributed by atoms with Gasteiger partial charge in [0, 0.05) is 18.7 Å². The van der Waals surface area contributed by atoms with Crippen LogP contribution in [0.15, 0.2) is 24.3 Å². The fourth-order valence-corrected chi connectivity index (χ4v) is 2.49. The minimum Gasteiger partial charge on any atom is -0.494 e. The maximum absolute atomic E-state index is 8.74. The summed E-state index contributed by atoms with van der Waals surface area (Å²) in [5.74, 6) is 0.802. The van der Waals surface area contributed by atoms with Gasteiger partial charge in [-0.3, -0.25) is 4.68 Å². The average Bonchev–Trinajstić information content (AvgIpc) is 2.78. The van der Waals surface area contributed by atoms with Crippen molar-refractivity contribution in [3.8, 4) is 11.8 Å². The van der Waals surface area contributed by atoms with Crippen molar-refractivity contribution in [2.75, 3.05) is 6.61 Å². The van der Waals surface area contributed by atoms with E-state index in [1.807, 2.05) is 12.1 Å². The van der Waals surface area contributed by atoms with Gasteiger partial charge in [-0.05, 0) is 50.1 Å². The van der Waals surface area contributed by atoms with Crippen molar-refractivity contribution in [3.05, 3.63) is 46.8 Å². The number of nitriles is 1. The summed E-state index contributed by atoms with van der Waals surface area (Å²) in [5, 5.41) is 13.3. The van der Waals surface area contributed by atoms with Crippen LogP contribution >= 0.6 is 0 Å². The Labute approximate surface area is 126 Å². The van der Waals surface area contributed by atoms with E-state index in [4.69, 9.17) is 10.00 Å². The Morgan fingerprint density at radius 3 is 2.52 bits per heavy atom. The highest BCUT2D eigenvalue weighted by Gasteiger charge is 2.08. The van der Waals surface area contributed by atoms with Crippen molar-refractivity contribution in [2.24, 2.45) is 0 Å². The van der Waals surface area contributed by atoms with E-state index >= 15 is 0 Å². The first-order valence-electron chi connectivity index (χ1n) is 7.31. The zero-order valence-corrected chi connectivity index (χ0v) is 12.9. The minimum atomic E-state index is 0.645. The van der Waals surface area contributed by atoms with Crippen molar-refractivity contribution >= 4 is 0 Å². The maximum atomic E-state index is 8.74. The van der Waals surface area contributed by atoms with Gasteiger partial charge in [0.2, 0.25) is 0 Å². The molecule has 0 aliphatic heterocycles. The molecule has 1 aromatic heterocycles. The molecule has 110 valence electrons. The quantitative estimate of drug-likeness (QED) is 0.763. The van der Waals surface area contributed by atoms with Crippen LogP contribution < -0.4 is 4.74 Å². The summed E-state index contributed by atoms with van der Waals surface area (Å²) in [6.07, 6.45) is 1.94. The van der Waals surface area contributed by atoms with Crippen LogP contribution in [-0.4, -0.2) is 16.4 Å². The van der Waals surface area contributed by atoms with E-state index in [0.29, 0.717) is 12.2 Å². The standard InChI is InChI=1S/C17H21N3O/c1-4-17-13(2)19-20(14(17)3)10-5-11-21-16-8-6-15(12-18)7-9-16/h6-9H,4-5,10-11H2,1-3H3. The Balaban J connectivity index is 1.83. The molecule has 0 N–H and O–H groups in total. The summed E-state index contributed by atoms with van der Waals surface area (Å²) >= 11 is 0. The molecule has 0 bridgehead atoms. The number of aryl methyl sites for hydroxylation is 2. The Morgan fingerprint density at radius 2 is 1.95 bits per heavy atom. The lowest BCUT2D eigenvalue weighted by Gasteiger charge is -2.07. The van der Waals surface area contributed by atoms with Crippen LogP contribution in [0.25, 0.3) is 0 Å². The summed E-state index contributed by atoms with van der Waals surface area (Å²) in [6.45, 7) is 7.86. The van der Waals surface area contributed by atoms with Gasteiger partial charge in [0.25, 0.3) is 0 Å². The predicted molar refractivity (Wildman–Crippen MR) is 82.3 cm³/mol. The monoisotopic (exact) mass is 283 g/mol. The summed E-state index contributed by atoms with van der Waals surface area (Å²) < 4.78 is 7.75. The molecule has 0 saturated carbocycles. The first-order chi connectivity index (χ1) is 10.2. The minimum absolute atomic E-state index is 0.645. The van der Waals surface area contributed by atoms with Gasteiger partial charge in [-0.2, -0.15) is 10.4 Å². The zero-order valence-electron chi connectivity index (χ0n) is 12.9. The third-order valence-corrected chi connectivity index (χ3v) is 3.65. The number of rotatable bonds is 6. The highest BCUT2D eigenvalue weighted by atomic mass is 16.5. The summed E-state index contributed by atoms with van der Waals surface area (Å²) in [7, 11) is 0. The van der Waals surface area contributed by atoms with Crippen molar-refractivity contribution in [1.29, 1.82) is 5.26 Å². The molecule has 1 aromatic carbocycles. The fraction of sp³-hybridized carbons (Fsp3) is 0.412. The number of hydrogen-bond acceptors (Lipinski definition) is 3. The second kappa shape index (κ2) is 6.94. The predicted octanol–water partition coefficient (Wildman–Crippen LogP) is 3.40. The SMILES string of the molecule is CCc1c(C)nn(CCCOc2ccc(C#N)cc2)c1C. The highest BCUT2D eigenvalue weighted by molar-refractivity contribution is 5.34. The molecule has 0 fully saturated rings. The molecule has 2 aromatic rings. The lowest BCUT2D eigenvalue weighted by Crippen LogP contribution is -2.07. The lowest BCUT2D eigenvalue weighted by molar-refractivity contribution is 0.298. The van der Waals surface area contributed by atoms with E-state index in [1.165, 1.54) is 11.3 Å². The van der Waals surface area contributed by atoms with Gasteiger partial charge >= 0.3 is 0 Å². The smallest absolute Gasteiger partial charge is 0.119 e. The van der Waals surface area contributed by atoms with Crippen LogP contribution in [0.3, 0.4) is 0 Å². The van der Waals surface area contributed by atoms with Crippen molar-refractivity contribution in [1.82, 2.24) is 9.78 Å². The molecular formula is C17H21N3O. The van der Waals surface area contributed by atoms with Crippen LogP contribution in [0.2, 0.25) is 0 Å². The lowest BCUT2D eigenvalue weighted by atomic mass is 10.1. The molecule has 1 heterocycles. The van der Waals surface area contributed by atoms with Crippen molar-refractivity contribution < 1.29 is 4.74 Å². The van der Waals surface area contributed by atoms with Crippen LogP contribution in [0.5, 0.6) is 5.75 Å². The number of benzene rings is 1. The van der Waals surface area contributed by atoms with Crippen LogP contribution in [-0.2, 0) is 13.0 Å². The third-order valence-electron chi connectivity index (χ3n) is 3.65. The Hall–Kier alpha value is -2.28. The Bertz CT molecular complexity index is 635. The molecule has 0 unspecified atom stereocenters. The van der Waals surface area contributed by atoms with Gasteiger partial charge in [0.05, 0.1) is 23.9 Å². The molecule has 0 atom stereocenters. The van der Waals surface area contributed by atoms with Crippen LogP contribution in [0.4, 0.5) is 0 Å². The number of nitrogens with zero attached hydrogens (tertiary/aromatic N) is 3. The first-order valence-corrected chi connectivity index (χ1v) is 7.31. The van der Waals surface area contributed by atoms with Gasteiger partial charge in [-0.25, -0.2) is 0 Å². The number of aromatic nitrogens is 2. The van der Waals surface area contributed by atoms with E-state index in [2.05, 4.69) is 36.6 Å². The third kappa shape index (κ3) is 3.63. The number of hydrogen-bond donors (Lipinski definition) is 0. The van der Waals surface area contributed by atoms with E-state index in [0.717, 1.165) is 30.8 Å². The Morgan fingerprint density at radius 1 is 1.24 bits per heavy atom. The largest absolute Gasteiger partial charge is 0.494 e. The van der Waals surface area contributed by atoms with E-state index in [-0.39, 0.29) is 0 Å². The molecule has 0 saturated heterocycles. The van der Waals surface area contributed by atoms with Crippen molar-refractivity contribution in [2.45, 2.75) is 40.2 Å². The van der Waals surface area contributed by atoms with Gasteiger partial charge in [-0.1, -0.05) is 6.92 Å². The average molecular weight is 283 g/mol. The summed E-state index contributed by atoms with van der Waals surface area (Å²) in [6, 6.07) is 9.29. The second-order valence-corrected chi connectivity index (χ2v) is 5.06. The topological polar surface area (TPSA) is 50.8 Å². The summed E-state index contributed by atoms with van der Waals surface area (Å²) in [4.78, 5) is 0. The van der Waals surface area contributed by atoms with Gasteiger partial charge in [0.15, 0.2) is 0 Å². The van der Waals surface area contributed by atoms with E-state index < -0.39 is 0 Å². The molecule has 0 amide bonds. The molecule has 0 aliphatic carbocycles. The normalized spacial score (nSPS) is 10.4. The first kappa shape index (κ1) is 15.1. The molecule has 4 nitrogen and oxygen atoms in total. The van der Waals surface area contributed by atoms with Gasteiger partial charge < -0.3 is 4.74 Å². The Kier molecular flexibility index (Phi) is 4.99. The van der Waals surface area contributed by atoms with Crippen LogP contribution in [0.1, 0.15) is 35.9 Å². The molecule has 0 radical (unpaired) electrons. The molecule has 4 heteroatoms. The van der Waals surface area contributed by atoms with Gasteiger partial charge in [-0.15, -0.1) is 0 Å². The maximum Gasteiger partial charge on any atom is 0.119 e. The summed E-state index contributed by atoms with van der Waals surface area (Å²) in [5.41, 5.74) is 4.39. The molecule has 21 heavy (non-hydrogen) atoms. The van der Waals surface area contributed by atoms with Crippen molar-refractivity contribution in [3.63, 3.8) is 0 Å². The molecule has 0 aliphatic rings. The highest BCUT2D eigenvalue weighted by Crippen LogP contribution is 2.15. The second-order valence-electron chi connectivity index (χ2n) is 5.06. The van der Waals surface area contributed by atoms with E-state index in [9.17, 15) is 0 Å². The zero-order chi connectivity index (χ0) is 15.2. The molecule has 0 spiro atoms. The fourth-order valence-electron chi connectivity index (χ4n) is 2.49. The number of ether oxygens (including phenoxy) is 1.